The molecule has 92 valence electrons. The molecule has 1 fully saturated rings. The lowest BCUT2D eigenvalue weighted by Crippen LogP contribution is -2.20. The Hall–Kier alpha value is -1.25. The summed E-state index contributed by atoms with van der Waals surface area (Å²) in [4.78, 5) is 0. The highest BCUT2D eigenvalue weighted by Crippen LogP contribution is 2.36. The number of hydrogen-bond donors (Lipinski definition) is 0. The fraction of sp³-hybridized carbons (Fsp3) is 0.250. The van der Waals surface area contributed by atoms with Crippen LogP contribution in [-0.4, -0.2) is 11.5 Å². The van der Waals surface area contributed by atoms with Crippen LogP contribution in [0.25, 0.3) is 0 Å². The SMILES string of the molecule is c1ccc([C@@H]2CSC[C@H](c3ccccc3)O2)cc1. The normalized spacial score (nSPS) is 23.8. The molecular formula is C16H16OS. The first kappa shape index (κ1) is 11.8. The van der Waals surface area contributed by atoms with E-state index in [1.54, 1.807) is 0 Å². The number of hydrogen-bond acceptors (Lipinski definition) is 2. The highest BCUT2D eigenvalue weighted by atomic mass is 32.2. The van der Waals surface area contributed by atoms with E-state index in [2.05, 4.69) is 48.5 Å². The predicted octanol–water partition coefficient (Wildman–Crippen LogP) is 4.23. The Balaban J connectivity index is 1.77. The lowest BCUT2D eigenvalue weighted by molar-refractivity contribution is 0.00512. The first-order chi connectivity index (χ1) is 8.93. The van der Waals surface area contributed by atoms with Crippen LogP contribution in [0.15, 0.2) is 60.7 Å². The fourth-order valence-electron chi connectivity index (χ4n) is 2.24. The van der Waals surface area contributed by atoms with Gasteiger partial charge in [0.05, 0.1) is 12.2 Å². The number of rotatable bonds is 2. The molecule has 2 aromatic rings. The molecule has 0 spiro atoms. The van der Waals surface area contributed by atoms with Gasteiger partial charge in [-0.1, -0.05) is 60.7 Å². The number of ether oxygens (including phenoxy) is 1. The standard InChI is InChI=1S/C16H16OS/c1-3-7-13(8-4-1)15-11-18-12-16(17-15)14-9-5-2-6-10-14/h1-10,15-16H,11-12H2/t15-,16+. The van der Waals surface area contributed by atoms with Crippen molar-refractivity contribution < 1.29 is 4.74 Å². The van der Waals surface area contributed by atoms with Gasteiger partial charge in [0.2, 0.25) is 0 Å². The Morgan fingerprint density at radius 3 is 1.61 bits per heavy atom. The van der Waals surface area contributed by atoms with Gasteiger partial charge in [0.25, 0.3) is 0 Å². The molecule has 0 unspecified atom stereocenters. The first-order valence-electron chi connectivity index (χ1n) is 6.26. The maximum Gasteiger partial charge on any atom is 0.0924 e. The van der Waals surface area contributed by atoms with E-state index in [4.69, 9.17) is 4.74 Å². The van der Waals surface area contributed by atoms with E-state index in [-0.39, 0.29) is 12.2 Å². The molecule has 2 atom stereocenters. The molecule has 0 bridgehead atoms. The zero-order valence-electron chi connectivity index (χ0n) is 10.2. The van der Waals surface area contributed by atoms with E-state index in [0.717, 1.165) is 11.5 Å². The molecule has 1 nitrogen and oxygen atoms in total. The van der Waals surface area contributed by atoms with E-state index in [1.165, 1.54) is 11.1 Å². The van der Waals surface area contributed by atoms with E-state index < -0.39 is 0 Å². The van der Waals surface area contributed by atoms with Crippen LogP contribution >= 0.6 is 11.8 Å². The average molecular weight is 256 g/mol. The van der Waals surface area contributed by atoms with Crippen LogP contribution in [0.5, 0.6) is 0 Å². The van der Waals surface area contributed by atoms with Crippen LogP contribution in [0.1, 0.15) is 23.3 Å². The van der Waals surface area contributed by atoms with Gasteiger partial charge in [0, 0.05) is 11.5 Å². The summed E-state index contributed by atoms with van der Waals surface area (Å²) in [7, 11) is 0. The largest absolute Gasteiger partial charge is 0.364 e. The smallest absolute Gasteiger partial charge is 0.0924 e. The molecule has 0 saturated carbocycles. The lowest BCUT2D eigenvalue weighted by Gasteiger charge is -2.30. The molecule has 18 heavy (non-hydrogen) atoms. The van der Waals surface area contributed by atoms with Gasteiger partial charge >= 0.3 is 0 Å². The molecular weight excluding hydrogens is 240 g/mol. The van der Waals surface area contributed by atoms with Crippen LogP contribution in [0.2, 0.25) is 0 Å². The first-order valence-corrected chi connectivity index (χ1v) is 7.42. The van der Waals surface area contributed by atoms with Crippen molar-refractivity contribution in [2.24, 2.45) is 0 Å². The third kappa shape index (κ3) is 2.60. The van der Waals surface area contributed by atoms with Crippen LogP contribution < -0.4 is 0 Å². The molecule has 0 radical (unpaired) electrons. The summed E-state index contributed by atoms with van der Waals surface area (Å²) in [6.45, 7) is 0. The molecule has 1 aliphatic heterocycles. The summed E-state index contributed by atoms with van der Waals surface area (Å²) in [6.07, 6.45) is 0.435. The second kappa shape index (κ2) is 5.59. The molecule has 0 N–H and O–H groups in total. The number of thioether (sulfide) groups is 1. The molecule has 0 aromatic heterocycles. The summed E-state index contributed by atoms with van der Waals surface area (Å²) in [5.74, 6) is 2.10. The van der Waals surface area contributed by atoms with E-state index in [0.29, 0.717) is 0 Å². The fourth-order valence-corrected chi connectivity index (χ4v) is 3.35. The summed E-state index contributed by atoms with van der Waals surface area (Å²) < 4.78 is 6.24. The van der Waals surface area contributed by atoms with E-state index >= 15 is 0 Å². The predicted molar refractivity (Wildman–Crippen MR) is 76.8 cm³/mol. The maximum absolute atomic E-state index is 6.24. The summed E-state index contributed by atoms with van der Waals surface area (Å²) in [6, 6.07) is 21.0. The summed E-state index contributed by atoms with van der Waals surface area (Å²) >= 11 is 1.98. The molecule has 0 amide bonds. The lowest BCUT2D eigenvalue weighted by atomic mass is 10.1. The monoisotopic (exact) mass is 256 g/mol. The minimum Gasteiger partial charge on any atom is -0.364 e. The molecule has 2 heteroatoms. The van der Waals surface area contributed by atoms with Crippen molar-refractivity contribution in [3.05, 3.63) is 71.8 Å². The van der Waals surface area contributed by atoms with Crippen molar-refractivity contribution in [2.45, 2.75) is 12.2 Å². The Bertz CT molecular complexity index is 437. The van der Waals surface area contributed by atoms with Gasteiger partial charge in [-0.15, -0.1) is 0 Å². The van der Waals surface area contributed by atoms with Crippen molar-refractivity contribution in [3.63, 3.8) is 0 Å². The highest BCUT2D eigenvalue weighted by Gasteiger charge is 2.24. The molecule has 2 aromatic carbocycles. The molecule has 0 aliphatic carbocycles. The quantitative estimate of drug-likeness (QED) is 0.795. The van der Waals surface area contributed by atoms with Crippen LogP contribution in [0, 0.1) is 0 Å². The van der Waals surface area contributed by atoms with E-state index in [9.17, 15) is 0 Å². The maximum atomic E-state index is 6.24. The van der Waals surface area contributed by atoms with Gasteiger partial charge < -0.3 is 4.74 Å². The van der Waals surface area contributed by atoms with Gasteiger partial charge in [0.15, 0.2) is 0 Å². The second-order valence-electron chi connectivity index (χ2n) is 4.47. The van der Waals surface area contributed by atoms with Crippen molar-refractivity contribution in [1.29, 1.82) is 0 Å². The zero-order chi connectivity index (χ0) is 12.2. The molecule has 1 aliphatic rings. The summed E-state index contributed by atoms with van der Waals surface area (Å²) in [5.41, 5.74) is 2.57. The third-order valence-electron chi connectivity index (χ3n) is 3.21. The van der Waals surface area contributed by atoms with Gasteiger partial charge in [-0.3, -0.25) is 0 Å². The van der Waals surface area contributed by atoms with Crippen LogP contribution in [0.3, 0.4) is 0 Å². The summed E-state index contributed by atoms with van der Waals surface area (Å²) in [5, 5.41) is 0. The second-order valence-corrected chi connectivity index (χ2v) is 5.55. The van der Waals surface area contributed by atoms with Crippen LogP contribution in [0.4, 0.5) is 0 Å². The Morgan fingerprint density at radius 1 is 0.722 bits per heavy atom. The molecule has 3 rings (SSSR count). The van der Waals surface area contributed by atoms with Gasteiger partial charge in [-0.05, 0) is 11.1 Å². The van der Waals surface area contributed by atoms with E-state index in [1.807, 2.05) is 23.9 Å². The highest BCUT2D eigenvalue weighted by molar-refractivity contribution is 7.99. The number of benzene rings is 2. The average Bonchev–Trinajstić information content (AvgIpc) is 2.49. The molecule has 1 heterocycles. The Morgan fingerprint density at radius 2 is 1.17 bits per heavy atom. The van der Waals surface area contributed by atoms with Crippen molar-refractivity contribution in [3.8, 4) is 0 Å². The van der Waals surface area contributed by atoms with Gasteiger partial charge in [0.1, 0.15) is 0 Å². The van der Waals surface area contributed by atoms with Crippen LogP contribution in [-0.2, 0) is 4.74 Å². The zero-order valence-corrected chi connectivity index (χ0v) is 11.0. The van der Waals surface area contributed by atoms with Crippen molar-refractivity contribution in [2.75, 3.05) is 11.5 Å². The van der Waals surface area contributed by atoms with Crippen molar-refractivity contribution in [1.82, 2.24) is 0 Å². The minimum absolute atomic E-state index is 0.218. The topological polar surface area (TPSA) is 9.23 Å². The Kier molecular flexibility index (Phi) is 3.67. The van der Waals surface area contributed by atoms with Gasteiger partial charge in [-0.25, -0.2) is 0 Å². The third-order valence-corrected chi connectivity index (χ3v) is 4.29. The molecule has 1 saturated heterocycles. The minimum atomic E-state index is 0.218. The van der Waals surface area contributed by atoms with Gasteiger partial charge in [-0.2, -0.15) is 11.8 Å². The Labute approximate surface area is 112 Å². The van der Waals surface area contributed by atoms with Crippen molar-refractivity contribution >= 4 is 11.8 Å².